The Balaban J connectivity index is 1.37. The number of carbonyl (C=O) groups excluding carboxylic acids is 2. The van der Waals surface area contributed by atoms with Crippen LogP contribution in [0.1, 0.15) is 17.5 Å². The van der Waals surface area contributed by atoms with Crippen molar-refractivity contribution >= 4 is 34.8 Å². The van der Waals surface area contributed by atoms with Crippen LogP contribution >= 0.6 is 11.6 Å². The maximum atomic E-state index is 12.7. The van der Waals surface area contributed by atoms with Gasteiger partial charge in [-0.1, -0.05) is 48.0 Å². The molecule has 4 rings (SSSR count). The molecule has 1 fully saturated rings. The molecular weight excluding hydrogens is 412 g/mol. The lowest BCUT2D eigenvalue weighted by Gasteiger charge is -2.18. The molecule has 0 radical (unpaired) electrons. The average Bonchev–Trinajstić information content (AvgIpc) is 3.18. The van der Waals surface area contributed by atoms with Crippen LogP contribution in [0.3, 0.4) is 0 Å². The van der Waals surface area contributed by atoms with Crippen molar-refractivity contribution in [1.82, 2.24) is 0 Å². The highest BCUT2D eigenvalue weighted by molar-refractivity contribution is 6.31. The molecule has 0 aromatic heterocycles. The number of anilines is 2. The number of nitrogens with zero attached hydrogens (tertiary/aromatic N) is 1. The second-order valence-electron chi connectivity index (χ2n) is 7.58. The number of ether oxygens (including phenoxy) is 1. The van der Waals surface area contributed by atoms with Gasteiger partial charge < -0.3 is 15.0 Å². The summed E-state index contributed by atoms with van der Waals surface area (Å²) in [5.74, 6) is 0.0646. The van der Waals surface area contributed by atoms with Crippen molar-refractivity contribution in [3.8, 4) is 5.75 Å². The first-order valence-electron chi connectivity index (χ1n) is 10.1. The van der Waals surface area contributed by atoms with Crippen molar-refractivity contribution in [2.45, 2.75) is 20.0 Å². The number of hydrogen-bond donors (Lipinski definition) is 1. The molecule has 0 bridgehead atoms. The van der Waals surface area contributed by atoms with Gasteiger partial charge in [0.15, 0.2) is 0 Å². The Morgan fingerprint density at radius 1 is 1.06 bits per heavy atom. The Morgan fingerprint density at radius 2 is 1.81 bits per heavy atom. The van der Waals surface area contributed by atoms with E-state index in [9.17, 15) is 9.59 Å². The maximum Gasteiger partial charge on any atom is 0.229 e. The Bertz CT molecular complexity index is 1080. The smallest absolute Gasteiger partial charge is 0.229 e. The molecule has 2 amide bonds. The van der Waals surface area contributed by atoms with E-state index in [0.29, 0.717) is 23.9 Å². The van der Waals surface area contributed by atoms with Crippen LogP contribution in [0.5, 0.6) is 5.75 Å². The van der Waals surface area contributed by atoms with Crippen LogP contribution in [0.2, 0.25) is 5.02 Å². The van der Waals surface area contributed by atoms with Crippen molar-refractivity contribution in [3.63, 3.8) is 0 Å². The van der Waals surface area contributed by atoms with E-state index in [1.54, 1.807) is 17.0 Å². The molecule has 1 heterocycles. The molecule has 0 saturated carbocycles. The van der Waals surface area contributed by atoms with E-state index >= 15 is 0 Å². The van der Waals surface area contributed by atoms with Gasteiger partial charge >= 0.3 is 0 Å². The lowest BCUT2D eigenvalue weighted by atomic mass is 10.1. The highest BCUT2D eigenvalue weighted by Crippen LogP contribution is 2.29. The van der Waals surface area contributed by atoms with E-state index in [1.807, 2.05) is 67.6 Å². The predicted octanol–water partition coefficient (Wildman–Crippen LogP) is 5.22. The second kappa shape index (κ2) is 9.23. The van der Waals surface area contributed by atoms with Crippen LogP contribution in [-0.4, -0.2) is 18.4 Å². The molecule has 0 spiro atoms. The van der Waals surface area contributed by atoms with Crippen molar-refractivity contribution in [3.05, 3.63) is 88.9 Å². The highest BCUT2D eigenvalue weighted by Gasteiger charge is 2.35. The third-order valence-corrected chi connectivity index (χ3v) is 5.83. The number of amides is 2. The van der Waals surface area contributed by atoms with Crippen molar-refractivity contribution in [1.29, 1.82) is 0 Å². The van der Waals surface area contributed by atoms with Gasteiger partial charge in [0.2, 0.25) is 11.8 Å². The molecule has 3 aromatic rings. The highest BCUT2D eigenvalue weighted by atomic mass is 35.5. The second-order valence-corrected chi connectivity index (χ2v) is 7.98. The zero-order chi connectivity index (χ0) is 21.8. The molecule has 0 aliphatic carbocycles. The molecule has 158 valence electrons. The van der Waals surface area contributed by atoms with Crippen LogP contribution in [0.15, 0.2) is 72.8 Å². The van der Waals surface area contributed by atoms with Crippen LogP contribution in [0.4, 0.5) is 11.4 Å². The zero-order valence-corrected chi connectivity index (χ0v) is 17.9. The number of benzene rings is 3. The Labute approximate surface area is 186 Å². The molecule has 1 aliphatic rings. The minimum absolute atomic E-state index is 0.0686. The van der Waals surface area contributed by atoms with Crippen LogP contribution in [0, 0.1) is 12.8 Å². The van der Waals surface area contributed by atoms with E-state index in [0.717, 1.165) is 22.6 Å². The summed E-state index contributed by atoms with van der Waals surface area (Å²) < 4.78 is 5.80. The van der Waals surface area contributed by atoms with Crippen LogP contribution < -0.4 is 15.0 Å². The van der Waals surface area contributed by atoms with Gasteiger partial charge in [0.1, 0.15) is 12.4 Å². The van der Waals surface area contributed by atoms with E-state index in [4.69, 9.17) is 16.3 Å². The minimum Gasteiger partial charge on any atom is -0.489 e. The van der Waals surface area contributed by atoms with Crippen LogP contribution in [-0.2, 0) is 16.2 Å². The number of rotatable bonds is 6. The molecule has 1 saturated heterocycles. The van der Waals surface area contributed by atoms with E-state index in [-0.39, 0.29) is 18.2 Å². The molecule has 3 aromatic carbocycles. The first-order chi connectivity index (χ1) is 15.0. The van der Waals surface area contributed by atoms with E-state index in [1.165, 1.54) is 0 Å². The first kappa shape index (κ1) is 20.9. The van der Waals surface area contributed by atoms with Gasteiger partial charge in [-0.3, -0.25) is 9.59 Å². The number of carbonyl (C=O) groups is 2. The zero-order valence-electron chi connectivity index (χ0n) is 17.2. The van der Waals surface area contributed by atoms with Gasteiger partial charge in [-0.25, -0.2) is 0 Å². The first-order valence-corrected chi connectivity index (χ1v) is 10.5. The lowest BCUT2D eigenvalue weighted by Crippen LogP contribution is -2.28. The summed E-state index contributed by atoms with van der Waals surface area (Å²) in [5.41, 5.74) is 3.32. The Kier molecular flexibility index (Phi) is 6.23. The monoisotopic (exact) mass is 434 g/mol. The predicted molar refractivity (Wildman–Crippen MR) is 122 cm³/mol. The summed E-state index contributed by atoms with van der Waals surface area (Å²) in [6, 6.07) is 22.7. The largest absolute Gasteiger partial charge is 0.489 e. The molecule has 31 heavy (non-hydrogen) atoms. The van der Waals surface area contributed by atoms with Gasteiger partial charge in [0.05, 0.1) is 5.92 Å². The third kappa shape index (κ3) is 4.89. The molecule has 5 nitrogen and oxygen atoms in total. The topological polar surface area (TPSA) is 58.6 Å². The van der Waals surface area contributed by atoms with Crippen LogP contribution in [0.25, 0.3) is 0 Å². The molecule has 1 aliphatic heterocycles. The fourth-order valence-corrected chi connectivity index (χ4v) is 3.75. The molecule has 0 unspecified atom stereocenters. The molecule has 1 N–H and O–H groups in total. The van der Waals surface area contributed by atoms with Crippen molar-refractivity contribution in [2.24, 2.45) is 5.92 Å². The SMILES string of the molecule is Cc1c(Cl)cccc1NC(=O)[C@@H]1CC(=O)N(c2ccc(OCc3ccccc3)cc2)C1. The fraction of sp³-hybridized carbons (Fsp3) is 0.200. The quantitative estimate of drug-likeness (QED) is 0.578. The number of nitrogens with one attached hydrogen (secondary N) is 1. The minimum atomic E-state index is -0.417. The summed E-state index contributed by atoms with van der Waals surface area (Å²) in [6.07, 6.45) is 0.178. The summed E-state index contributed by atoms with van der Waals surface area (Å²) in [5, 5.41) is 3.50. The normalized spacial score (nSPS) is 15.7. The number of hydrogen-bond acceptors (Lipinski definition) is 3. The van der Waals surface area contributed by atoms with Gasteiger partial charge in [0.25, 0.3) is 0 Å². The van der Waals surface area contributed by atoms with Gasteiger partial charge in [-0.2, -0.15) is 0 Å². The van der Waals surface area contributed by atoms with Gasteiger partial charge in [-0.15, -0.1) is 0 Å². The summed E-state index contributed by atoms with van der Waals surface area (Å²) in [7, 11) is 0. The van der Waals surface area contributed by atoms with Crippen molar-refractivity contribution < 1.29 is 14.3 Å². The van der Waals surface area contributed by atoms with Crippen molar-refractivity contribution in [2.75, 3.05) is 16.8 Å². The molecular formula is C25H23ClN2O3. The summed E-state index contributed by atoms with van der Waals surface area (Å²) >= 11 is 6.13. The average molecular weight is 435 g/mol. The maximum absolute atomic E-state index is 12.7. The third-order valence-electron chi connectivity index (χ3n) is 5.42. The molecule has 1 atom stereocenters. The standard InChI is InChI=1S/C25H23ClN2O3/c1-17-22(26)8-5-9-23(17)27-25(30)19-14-24(29)28(15-19)20-10-12-21(13-11-20)31-16-18-6-3-2-4-7-18/h2-13,19H,14-16H2,1H3,(H,27,30)/t19-/m1/s1. The van der Waals surface area contributed by atoms with Gasteiger partial charge in [0, 0.05) is 29.4 Å². The summed E-state index contributed by atoms with van der Waals surface area (Å²) in [4.78, 5) is 26.9. The Morgan fingerprint density at radius 3 is 2.55 bits per heavy atom. The van der Waals surface area contributed by atoms with E-state index in [2.05, 4.69) is 5.32 Å². The summed E-state index contributed by atoms with van der Waals surface area (Å²) in [6.45, 7) is 2.67. The fourth-order valence-electron chi connectivity index (χ4n) is 3.57. The van der Waals surface area contributed by atoms with Gasteiger partial charge in [-0.05, 0) is 54.4 Å². The molecule has 6 heteroatoms. The Hall–Kier alpha value is -3.31. The lowest BCUT2D eigenvalue weighted by molar-refractivity contribution is -0.122. The van der Waals surface area contributed by atoms with E-state index < -0.39 is 5.92 Å². The number of halogens is 1.